The van der Waals surface area contributed by atoms with Crippen LogP contribution >= 0.6 is 0 Å². The van der Waals surface area contributed by atoms with Gasteiger partial charge < -0.3 is 10.6 Å². The van der Waals surface area contributed by atoms with Crippen molar-refractivity contribution in [1.82, 2.24) is 0 Å². The van der Waals surface area contributed by atoms with Gasteiger partial charge >= 0.3 is 6.18 Å². The molecule has 0 heterocycles. The fraction of sp³-hybridized carbons (Fsp3) is 0.455. The molecule has 1 aromatic carbocycles. The van der Waals surface area contributed by atoms with Gasteiger partial charge in [0.1, 0.15) is 5.82 Å². The van der Waals surface area contributed by atoms with Gasteiger partial charge in [-0.15, -0.1) is 0 Å². The monoisotopic (exact) mass is 250 g/mol. The maximum atomic E-state index is 13.4. The van der Waals surface area contributed by atoms with E-state index in [9.17, 15) is 17.6 Å². The van der Waals surface area contributed by atoms with Crippen LogP contribution in [0.25, 0.3) is 0 Å². The second kappa shape index (κ2) is 5.35. The first kappa shape index (κ1) is 13.8. The first-order chi connectivity index (χ1) is 7.85. The molecule has 2 nitrogen and oxygen atoms in total. The molecule has 1 rings (SSSR count). The molecule has 0 fully saturated rings. The van der Waals surface area contributed by atoms with Gasteiger partial charge in [0.25, 0.3) is 0 Å². The van der Waals surface area contributed by atoms with E-state index >= 15 is 0 Å². The van der Waals surface area contributed by atoms with E-state index in [0.717, 1.165) is 0 Å². The highest BCUT2D eigenvalue weighted by Crippen LogP contribution is 2.25. The molecule has 0 bridgehead atoms. The number of alkyl halides is 3. The minimum absolute atomic E-state index is 0.0433. The molecular weight excluding hydrogens is 236 g/mol. The molecule has 17 heavy (non-hydrogen) atoms. The van der Waals surface area contributed by atoms with Gasteiger partial charge in [0.15, 0.2) is 0 Å². The Kier molecular flexibility index (Phi) is 4.34. The largest absolute Gasteiger partial charge is 0.390 e. The van der Waals surface area contributed by atoms with E-state index in [-0.39, 0.29) is 18.7 Å². The summed E-state index contributed by atoms with van der Waals surface area (Å²) in [5.41, 5.74) is 6.02. The summed E-state index contributed by atoms with van der Waals surface area (Å²) < 4.78 is 49.6. The van der Waals surface area contributed by atoms with Crippen molar-refractivity contribution in [3.05, 3.63) is 29.6 Å². The van der Waals surface area contributed by atoms with Crippen molar-refractivity contribution in [2.24, 2.45) is 5.73 Å². The zero-order chi connectivity index (χ0) is 13.1. The first-order valence-electron chi connectivity index (χ1n) is 5.10. The van der Waals surface area contributed by atoms with Crippen molar-refractivity contribution in [2.45, 2.75) is 19.1 Å². The number of benzene rings is 1. The fourth-order valence-corrected chi connectivity index (χ4v) is 1.52. The quantitative estimate of drug-likeness (QED) is 0.832. The van der Waals surface area contributed by atoms with Crippen LogP contribution < -0.4 is 10.6 Å². The Morgan fingerprint density at radius 2 is 1.94 bits per heavy atom. The van der Waals surface area contributed by atoms with Crippen LogP contribution in [0, 0.1) is 5.82 Å². The van der Waals surface area contributed by atoms with Gasteiger partial charge in [-0.1, -0.05) is 6.07 Å². The minimum Gasteiger partial charge on any atom is -0.374 e. The predicted octanol–water partition coefficient (Wildman–Crippen LogP) is 2.67. The van der Waals surface area contributed by atoms with E-state index in [0.29, 0.717) is 5.69 Å². The number of anilines is 1. The smallest absolute Gasteiger partial charge is 0.374 e. The van der Waals surface area contributed by atoms with Gasteiger partial charge in [0, 0.05) is 31.4 Å². The van der Waals surface area contributed by atoms with E-state index in [4.69, 9.17) is 5.73 Å². The lowest BCUT2D eigenvalue weighted by molar-refractivity contribution is -0.132. The van der Waals surface area contributed by atoms with Crippen molar-refractivity contribution in [2.75, 3.05) is 18.5 Å². The van der Waals surface area contributed by atoms with Crippen molar-refractivity contribution in [1.29, 1.82) is 0 Å². The molecule has 0 saturated carbocycles. The maximum absolute atomic E-state index is 13.4. The Morgan fingerprint density at radius 3 is 2.47 bits per heavy atom. The summed E-state index contributed by atoms with van der Waals surface area (Å²) in [6, 6.07) is 4.25. The summed E-state index contributed by atoms with van der Waals surface area (Å²) in [5, 5.41) is 0. The molecule has 0 aliphatic heterocycles. The molecule has 1 aromatic rings. The molecule has 0 aliphatic rings. The lowest BCUT2D eigenvalue weighted by Crippen LogP contribution is -2.25. The van der Waals surface area contributed by atoms with Crippen LogP contribution in [-0.2, 0) is 6.54 Å². The molecule has 0 unspecified atom stereocenters. The van der Waals surface area contributed by atoms with Gasteiger partial charge in [0.2, 0.25) is 0 Å². The summed E-state index contributed by atoms with van der Waals surface area (Å²) in [5.74, 6) is -0.496. The molecule has 0 atom stereocenters. The highest BCUT2D eigenvalue weighted by Gasteiger charge is 2.27. The van der Waals surface area contributed by atoms with Crippen LogP contribution in [0.1, 0.15) is 12.0 Å². The molecule has 6 heteroatoms. The second-order valence-electron chi connectivity index (χ2n) is 3.73. The summed E-state index contributed by atoms with van der Waals surface area (Å²) in [4.78, 5) is 1.36. The Hall–Kier alpha value is -1.30. The van der Waals surface area contributed by atoms with Gasteiger partial charge in [-0.05, 0) is 12.1 Å². The normalized spacial score (nSPS) is 11.6. The van der Waals surface area contributed by atoms with Gasteiger partial charge in [-0.25, -0.2) is 4.39 Å². The lowest BCUT2D eigenvalue weighted by Gasteiger charge is -2.23. The van der Waals surface area contributed by atoms with E-state index in [1.807, 2.05) is 0 Å². The third-order valence-electron chi connectivity index (χ3n) is 2.44. The summed E-state index contributed by atoms with van der Waals surface area (Å²) in [7, 11) is 1.49. The fourth-order valence-electron chi connectivity index (χ4n) is 1.52. The highest BCUT2D eigenvalue weighted by atomic mass is 19.4. The average molecular weight is 250 g/mol. The van der Waals surface area contributed by atoms with Crippen molar-refractivity contribution >= 4 is 5.69 Å². The molecular formula is C11H14F4N2. The van der Waals surface area contributed by atoms with Gasteiger partial charge in [-0.3, -0.25) is 0 Å². The lowest BCUT2D eigenvalue weighted by atomic mass is 10.1. The van der Waals surface area contributed by atoms with Crippen LogP contribution in [0.4, 0.5) is 23.2 Å². The summed E-state index contributed by atoms with van der Waals surface area (Å²) in [6.07, 6.45) is -5.16. The van der Waals surface area contributed by atoms with E-state index in [2.05, 4.69) is 0 Å². The highest BCUT2D eigenvalue weighted by molar-refractivity contribution is 5.53. The van der Waals surface area contributed by atoms with Gasteiger partial charge in [-0.2, -0.15) is 13.2 Å². The van der Waals surface area contributed by atoms with Crippen molar-refractivity contribution < 1.29 is 17.6 Å². The number of hydrogen-bond donors (Lipinski definition) is 1. The Bertz CT molecular complexity index is 376. The Morgan fingerprint density at radius 1 is 1.29 bits per heavy atom. The standard InChI is InChI=1S/C11H14F4N2/c1-17(6-5-11(13,14)15)10-4-2-3-9(12)8(10)7-16/h2-4H,5-7,16H2,1H3. The number of nitrogens with zero attached hydrogens (tertiary/aromatic N) is 1. The summed E-state index contributed by atoms with van der Waals surface area (Å²) >= 11 is 0. The number of hydrogen-bond acceptors (Lipinski definition) is 2. The van der Waals surface area contributed by atoms with Crippen LogP contribution in [0.3, 0.4) is 0 Å². The number of nitrogens with two attached hydrogens (primary N) is 1. The molecule has 0 saturated heterocycles. The van der Waals surface area contributed by atoms with Crippen molar-refractivity contribution in [3.8, 4) is 0 Å². The zero-order valence-electron chi connectivity index (χ0n) is 9.39. The molecule has 0 radical (unpaired) electrons. The van der Waals surface area contributed by atoms with Crippen molar-refractivity contribution in [3.63, 3.8) is 0 Å². The third-order valence-corrected chi connectivity index (χ3v) is 2.44. The SMILES string of the molecule is CN(CCC(F)(F)F)c1cccc(F)c1CN. The number of halogens is 4. The molecule has 0 aromatic heterocycles. The summed E-state index contributed by atoms with van der Waals surface area (Å²) in [6.45, 7) is -0.266. The van der Waals surface area contributed by atoms with Crippen LogP contribution in [0.15, 0.2) is 18.2 Å². The molecule has 2 N–H and O–H groups in total. The Labute approximate surface area is 97.0 Å². The van der Waals surface area contributed by atoms with Gasteiger partial charge in [0.05, 0.1) is 6.42 Å². The maximum Gasteiger partial charge on any atom is 0.390 e. The molecule has 0 aliphatic carbocycles. The van der Waals surface area contributed by atoms with Crippen LogP contribution in [-0.4, -0.2) is 19.8 Å². The molecule has 0 spiro atoms. The zero-order valence-corrected chi connectivity index (χ0v) is 9.39. The third kappa shape index (κ3) is 3.89. The first-order valence-corrected chi connectivity index (χ1v) is 5.10. The van der Waals surface area contributed by atoms with Crippen LogP contribution in [0.2, 0.25) is 0 Å². The van der Waals surface area contributed by atoms with E-state index < -0.39 is 18.4 Å². The second-order valence-corrected chi connectivity index (χ2v) is 3.73. The van der Waals surface area contributed by atoms with E-state index in [1.54, 1.807) is 6.07 Å². The number of rotatable bonds is 4. The van der Waals surface area contributed by atoms with E-state index in [1.165, 1.54) is 24.1 Å². The average Bonchev–Trinajstić information content (AvgIpc) is 2.24. The Balaban J connectivity index is 2.82. The predicted molar refractivity (Wildman–Crippen MR) is 58.2 cm³/mol. The minimum atomic E-state index is -4.22. The molecule has 0 amide bonds. The topological polar surface area (TPSA) is 29.3 Å². The van der Waals surface area contributed by atoms with Crippen LogP contribution in [0.5, 0.6) is 0 Å². The molecule has 96 valence electrons.